The molecule has 170 valence electrons. The second-order valence-electron chi connectivity index (χ2n) is 7.92. The standard InChI is InChI=1S/C26H20FN3O3S/c1-15-7-10-18(13-16(15)2)28-22(31)14-34-26-29-23-20-5-3-4-6-21(20)33-24(23)25(32)30(26)19-11-8-17(27)9-12-19/h3-13H,14H2,1-2H3,(H,28,31). The monoisotopic (exact) mass is 473 g/mol. The Balaban J connectivity index is 1.54. The first kappa shape index (κ1) is 21.9. The Bertz CT molecular complexity index is 1610. The number of anilines is 1. The lowest BCUT2D eigenvalue weighted by molar-refractivity contribution is -0.113. The fourth-order valence-electron chi connectivity index (χ4n) is 3.68. The molecule has 2 aromatic heterocycles. The second kappa shape index (κ2) is 8.79. The molecule has 0 fully saturated rings. The number of aryl methyl sites for hydroxylation is 2. The normalized spacial score (nSPS) is 11.3. The molecule has 0 unspecified atom stereocenters. The van der Waals surface area contributed by atoms with Crippen molar-refractivity contribution >= 4 is 45.4 Å². The van der Waals surface area contributed by atoms with Crippen molar-refractivity contribution in [1.29, 1.82) is 0 Å². The average molecular weight is 474 g/mol. The molecular formula is C26H20FN3O3S. The van der Waals surface area contributed by atoms with Crippen LogP contribution in [-0.2, 0) is 4.79 Å². The van der Waals surface area contributed by atoms with Crippen molar-refractivity contribution in [3.63, 3.8) is 0 Å². The number of carbonyl (C=O) groups excluding carboxylic acids is 1. The van der Waals surface area contributed by atoms with Crippen LogP contribution in [0.15, 0.2) is 81.1 Å². The maximum atomic E-state index is 13.5. The molecule has 1 amide bonds. The van der Waals surface area contributed by atoms with Gasteiger partial charge in [0.2, 0.25) is 11.5 Å². The van der Waals surface area contributed by atoms with E-state index in [2.05, 4.69) is 10.3 Å². The van der Waals surface area contributed by atoms with E-state index in [1.54, 1.807) is 6.07 Å². The van der Waals surface area contributed by atoms with Crippen molar-refractivity contribution in [1.82, 2.24) is 9.55 Å². The van der Waals surface area contributed by atoms with Crippen molar-refractivity contribution in [2.75, 3.05) is 11.1 Å². The van der Waals surface area contributed by atoms with E-state index < -0.39 is 11.4 Å². The molecule has 0 spiro atoms. The summed E-state index contributed by atoms with van der Waals surface area (Å²) in [5.74, 6) is -0.621. The van der Waals surface area contributed by atoms with Gasteiger partial charge in [0.15, 0.2) is 5.16 Å². The van der Waals surface area contributed by atoms with Crippen LogP contribution in [-0.4, -0.2) is 21.2 Å². The van der Waals surface area contributed by atoms with E-state index in [4.69, 9.17) is 4.42 Å². The summed E-state index contributed by atoms with van der Waals surface area (Å²) in [7, 11) is 0. The van der Waals surface area contributed by atoms with Gasteiger partial charge in [-0.2, -0.15) is 0 Å². The smallest absolute Gasteiger partial charge is 0.302 e. The second-order valence-corrected chi connectivity index (χ2v) is 8.87. The largest absolute Gasteiger partial charge is 0.448 e. The number of rotatable bonds is 5. The Morgan fingerprint density at radius 1 is 1.06 bits per heavy atom. The number of thioether (sulfide) groups is 1. The van der Waals surface area contributed by atoms with Crippen molar-refractivity contribution < 1.29 is 13.6 Å². The predicted molar refractivity (Wildman–Crippen MR) is 132 cm³/mol. The molecule has 0 radical (unpaired) electrons. The summed E-state index contributed by atoms with van der Waals surface area (Å²) in [4.78, 5) is 30.8. The summed E-state index contributed by atoms with van der Waals surface area (Å²) in [6, 6.07) is 18.5. The molecule has 5 rings (SSSR count). The van der Waals surface area contributed by atoms with E-state index in [0.717, 1.165) is 22.9 Å². The molecule has 0 saturated heterocycles. The van der Waals surface area contributed by atoms with E-state index in [1.165, 1.54) is 28.8 Å². The highest BCUT2D eigenvalue weighted by molar-refractivity contribution is 7.99. The Hall–Kier alpha value is -3.91. The van der Waals surface area contributed by atoms with Crippen LogP contribution >= 0.6 is 11.8 Å². The van der Waals surface area contributed by atoms with Crippen molar-refractivity contribution in [2.45, 2.75) is 19.0 Å². The van der Waals surface area contributed by atoms with Gasteiger partial charge in [0.05, 0.1) is 11.4 Å². The summed E-state index contributed by atoms with van der Waals surface area (Å²) < 4.78 is 20.7. The fraction of sp³-hybridized carbons (Fsp3) is 0.115. The number of para-hydroxylation sites is 1. The molecule has 0 aliphatic carbocycles. The molecule has 1 N–H and O–H groups in total. The van der Waals surface area contributed by atoms with Gasteiger partial charge in [-0.15, -0.1) is 0 Å². The summed E-state index contributed by atoms with van der Waals surface area (Å²) in [5.41, 5.74) is 4.00. The third-order valence-corrected chi connectivity index (χ3v) is 6.51. The van der Waals surface area contributed by atoms with Gasteiger partial charge in [-0.25, -0.2) is 9.37 Å². The Kier molecular flexibility index (Phi) is 5.67. The number of amides is 1. The van der Waals surface area contributed by atoms with Crippen LogP contribution in [0.4, 0.5) is 10.1 Å². The predicted octanol–water partition coefficient (Wildman–Crippen LogP) is 5.62. The number of hydrogen-bond donors (Lipinski definition) is 1. The zero-order valence-corrected chi connectivity index (χ0v) is 19.3. The Labute approximate surface area is 198 Å². The molecule has 5 aromatic rings. The van der Waals surface area contributed by atoms with E-state index in [9.17, 15) is 14.0 Å². The van der Waals surface area contributed by atoms with Gasteiger partial charge >= 0.3 is 5.56 Å². The van der Waals surface area contributed by atoms with E-state index >= 15 is 0 Å². The van der Waals surface area contributed by atoms with Crippen molar-refractivity contribution in [2.24, 2.45) is 0 Å². The SMILES string of the molecule is Cc1ccc(NC(=O)CSc2nc3c(oc4ccccc43)c(=O)n2-c2ccc(F)cc2)cc1C. The number of aromatic nitrogens is 2. The van der Waals surface area contributed by atoms with Crippen LogP contribution < -0.4 is 10.9 Å². The van der Waals surface area contributed by atoms with Gasteiger partial charge in [-0.1, -0.05) is 30.0 Å². The summed E-state index contributed by atoms with van der Waals surface area (Å²) in [5, 5.41) is 3.90. The van der Waals surface area contributed by atoms with Crippen LogP contribution in [0.5, 0.6) is 0 Å². The van der Waals surface area contributed by atoms with Gasteiger partial charge in [0.1, 0.15) is 16.9 Å². The lowest BCUT2D eigenvalue weighted by Crippen LogP contribution is -2.22. The zero-order chi connectivity index (χ0) is 23.8. The van der Waals surface area contributed by atoms with E-state index in [1.807, 2.05) is 50.2 Å². The van der Waals surface area contributed by atoms with E-state index in [0.29, 0.717) is 33.0 Å². The molecule has 3 aromatic carbocycles. The van der Waals surface area contributed by atoms with Crippen LogP contribution in [0.2, 0.25) is 0 Å². The van der Waals surface area contributed by atoms with Crippen LogP contribution in [0.1, 0.15) is 11.1 Å². The summed E-state index contributed by atoms with van der Waals surface area (Å²) in [6.45, 7) is 3.99. The van der Waals surface area contributed by atoms with E-state index in [-0.39, 0.29) is 17.2 Å². The lowest BCUT2D eigenvalue weighted by Gasteiger charge is -2.12. The third-order valence-electron chi connectivity index (χ3n) is 5.57. The Morgan fingerprint density at radius 3 is 2.59 bits per heavy atom. The number of halogens is 1. The van der Waals surface area contributed by atoms with Gasteiger partial charge in [0.25, 0.3) is 0 Å². The highest BCUT2D eigenvalue weighted by atomic mass is 32.2. The molecule has 0 bridgehead atoms. The van der Waals surface area contributed by atoms with Gasteiger partial charge < -0.3 is 9.73 Å². The maximum Gasteiger partial charge on any atom is 0.302 e. The number of hydrogen-bond acceptors (Lipinski definition) is 5. The van der Waals surface area contributed by atoms with Gasteiger partial charge in [-0.05, 0) is 73.5 Å². The maximum absolute atomic E-state index is 13.5. The minimum Gasteiger partial charge on any atom is -0.448 e. The number of carbonyl (C=O) groups is 1. The topological polar surface area (TPSA) is 77.1 Å². The fourth-order valence-corrected chi connectivity index (χ4v) is 4.49. The number of nitrogens with one attached hydrogen (secondary N) is 1. The molecule has 8 heteroatoms. The minimum atomic E-state index is -0.426. The highest BCUT2D eigenvalue weighted by Gasteiger charge is 2.20. The minimum absolute atomic E-state index is 0.0296. The molecular weight excluding hydrogens is 453 g/mol. The molecule has 0 saturated carbocycles. The number of furan rings is 1. The first-order valence-electron chi connectivity index (χ1n) is 10.6. The zero-order valence-electron chi connectivity index (χ0n) is 18.5. The molecule has 0 aliphatic heterocycles. The number of benzene rings is 3. The summed E-state index contributed by atoms with van der Waals surface area (Å²) >= 11 is 1.13. The molecule has 34 heavy (non-hydrogen) atoms. The average Bonchev–Trinajstić information content (AvgIpc) is 3.20. The Morgan fingerprint density at radius 2 is 1.82 bits per heavy atom. The highest BCUT2D eigenvalue weighted by Crippen LogP contribution is 2.28. The molecule has 6 nitrogen and oxygen atoms in total. The van der Waals surface area contributed by atoms with Gasteiger partial charge in [-0.3, -0.25) is 14.2 Å². The molecule has 2 heterocycles. The van der Waals surface area contributed by atoms with Crippen molar-refractivity contribution in [3.8, 4) is 5.69 Å². The van der Waals surface area contributed by atoms with Gasteiger partial charge in [0, 0.05) is 11.1 Å². The molecule has 0 aliphatic rings. The van der Waals surface area contributed by atoms with Crippen molar-refractivity contribution in [3.05, 3.63) is 94.0 Å². The third kappa shape index (κ3) is 4.08. The number of fused-ring (bicyclic) bond motifs is 3. The lowest BCUT2D eigenvalue weighted by atomic mass is 10.1. The first-order valence-corrected chi connectivity index (χ1v) is 11.6. The first-order chi connectivity index (χ1) is 16.4. The molecule has 0 atom stereocenters. The van der Waals surface area contributed by atoms with Crippen LogP contribution in [0.25, 0.3) is 27.8 Å². The quantitative estimate of drug-likeness (QED) is 0.265. The summed E-state index contributed by atoms with van der Waals surface area (Å²) in [6.07, 6.45) is 0. The van der Waals surface area contributed by atoms with Crippen LogP contribution in [0, 0.1) is 19.7 Å². The number of nitrogens with zero attached hydrogens (tertiary/aromatic N) is 2. The van der Waals surface area contributed by atoms with Crippen LogP contribution in [0.3, 0.4) is 0 Å².